The van der Waals surface area contributed by atoms with Crippen molar-refractivity contribution in [2.24, 2.45) is 0 Å². The summed E-state index contributed by atoms with van der Waals surface area (Å²) >= 11 is 1.24. The molecule has 0 aliphatic carbocycles. The van der Waals surface area contributed by atoms with E-state index < -0.39 is 23.0 Å². The number of rotatable bonds is 10. The zero-order valence-corrected chi connectivity index (χ0v) is 25.7. The summed E-state index contributed by atoms with van der Waals surface area (Å²) in [6, 6.07) is 28.5. The molecule has 4 aromatic carbocycles. The van der Waals surface area contributed by atoms with E-state index in [9.17, 15) is 24.0 Å². The van der Waals surface area contributed by atoms with Crippen LogP contribution in [-0.4, -0.2) is 49.1 Å². The number of benzene rings is 4. The van der Waals surface area contributed by atoms with E-state index >= 15 is 0 Å². The lowest BCUT2D eigenvalue weighted by Gasteiger charge is -2.15. The topological polar surface area (TPSA) is 131 Å². The fourth-order valence-electron chi connectivity index (χ4n) is 4.65. The number of methoxy groups -OCH3 is 2. The van der Waals surface area contributed by atoms with Crippen LogP contribution >= 0.6 is 11.8 Å². The van der Waals surface area contributed by atoms with Crippen LogP contribution in [-0.2, 0) is 19.1 Å². The molecule has 1 aliphatic heterocycles. The molecule has 1 aliphatic rings. The Hall–Kier alpha value is -5.68. The van der Waals surface area contributed by atoms with Gasteiger partial charge in [-0.2, -0.15) is 0 Å². The first-order chi connectivity index (χ1) is 22.2. The summed E-state index contributed by atoms with van der Waals surface area (Å²) in [6.07, 6.45) is 1.57. The summed E-state index contributed by atoms with van der Waals surface area (Å²) in [6.45, 7) is 0. The molecule has 1 atom stereocenters. The SMILES string of the molecule is COC(=O)c1ccc(N2C(=O)CC(Sc3ccc(NC(=O)/C(=C/c4cccc(OC)c4)NC(=O)c4ccccc4)cc3)C2=O)cc1. The largest absolute Gasteiger partial charge is 0.497 e. The molecule has 0 saturated carbocycles. The number of nitrogens with zero attached hydrogens (tertiary/aromatic N) is 1. The van der Waals surface area contributed by atoms with Crippen LogP contribution in [0, 0.1) is 0 Å². The summed E-state index contributed by atoms with van der Waals surface area (Å²) in [4.78, 5) is 65.8. The monoisotopic (exact) mass is 635 g/mol. The maximum Gasteiger partial charge on any atom is 0.337 e. The Morgan fingerprint density at radius 3 is 2.24 bits per heavy atom. The summed E-state index contributed by atoms with van der Waals surface area (Å²) in [5, 5.41) is 4.87. The molecule has 0 radical (unpaired) electrons. The Morgan fingerprint density at radius 1 is 0.848 bits per heavy atom. The van der Waals surface area contributed by atoms with Crippen LogP contribution in [0.25, 0.3) is 6.08 Å². The van der Waals surface area contributed by atoms with Gasteiger partial charge in [-0.1, -0.05) is 30.3 Å². The smallest absolute Gasteiger partial charge is 0.337 e. The highest BCUT2D eigenvalue weighted by Crippen LogP contribution is 2.34. The van der Waals surface area contributed by atoms with Gasteiger partial charge in [-0.15, -0.1) is 11.8 Å². The Balaban J connectivity index is 1.27. The third kappa shape index (κ3) is 7.51. The third-order valence-electron chi connectivity index (χ3n) is 6.98. The van der Waals surface area contributed by atoms with Crippen molar-refractivity contribution in [3.63, 3.8) is 0 Å². The van der Waals surface area contributed by atoms with Gasteiger partial charge in [0.2, 0.25) is 11.8 Å². The number of hydrogen-bond acceptors (Lipinski definition) is 8. The Morgan fingerprint density at radius 2 is 1.57 bits per heavy atom. The fraction of sp³-hybridized carbons (Fsp3) is 0.114. The van der Waals surface area contributed by atoms with Crippen LogP contribution in [0.4, 0.5) is 11.4 Å². The molecule has 5 rings (SSSR count). The first-order valence-electron chi connectivity index (χ1n) is 14.1. The van der Waals surface area contributed by atoms with Crippen LogP contribution in [0.15, 0.2) is 114 Å². The predicted octanol–water partition coefficient (Wildman–Crippen LogP) is 5.32. The van der Waals surface area contributed by atoms with Gasteiger partial charge < -0.3 is 20.1 Å². The minimum atomic E-state index is -0.640. The fourth-order valence-corrected chi connectivity index (χ4v) is 5.71. The van der Waals surface area contributed by atoms with Gasteiger partial charge in [0.25, 0.3) is 11.8 Å². The average Bonchev–Trinajstić information content (AvgIpc) is 3.36. The molecule has 1 heterocycles. The lowest BCUT2D eigenvalue weighted by molar-refractivity contribution is -0.121. The van der Waals surface area contributed by atoms with E-state index in [4.69, 9.17) is 9.47 Å². The normalized spacial score (nSPS) is 14.5. The molecule has 1 saturated heterocycles. The summed E-state index contributed by atoms with van der Waals surface area (Å²) in [7, 11) is 2.81. The first-order valence-corrected chi connectivity index (χ1v) is 15.0. The van der Waals surface area contributed by atoms with E-state index in [1.165, 1.54) is 43.1 Å². The molecular weight excluding hydrogens is 606 g/mol. The van der Waals surface area contributed by atoms with Gasteiger partial charge in [-0.05, 0) is 84.4 Å². The number of nitrogens with one attached hydrogen (secondary N) is 2. The molecule has 0 spiro atoms. The predicted molar refractivity (Wildman–Crippen MR) is 174 cm³/mol. The molecule has 1 fully saturated rings. The van der Waals surface area contributed by atoms with E-state index in [-0.39, 0.29) is 23.9 Å². The van der Waals surface area contributed by atoms with Gasteiger partial charge in [0, 0.05) is 22.6 Å². The number of carbonyl (C=O) groups is 5. The highest BCUT2D eigenvalue weighted by atomic mass is 32.2. The first kappa shape index (κ1) is 31.7. The van der Waals surface area contributed by atoms with Gasteiger partial charge in [0.1, 0.15) is 11.4 Å². The molecule has 4 aromatic rings. The van der Waals surface area contributed by atoms with Crippen molar-refractivity contribution in [3.8, 4) is 5.75 Å². The van der Waals surface area contributed by atoms with Crippen LogP contribution < -0.4 is 20.3 Å². The Labute approximate surface area is 269 Å². The van der Waals surface area contributed by atoms with E-state index in [1.54, 1.807) is 92.0 Å². The zero-order chi connectivity index (χ0) is 32.6. The number of ether oxygens (including phenoxy) is 2. The molecule has 232 valence electrons. The maximum atomic E-state index is 13.4. The van der Waals surface area contributed by atoms with Crippen LogP contribution in [0.2, 0.25) is 0 Å². The molecule has 0 bridgehead atoms. The minimum absolute atomic E-state index is 0.0142. The van der Waals surface area contributed by atoms with Crippen molar-refractivity contribution in [2.75, 3.05) is 24.4 Å². The van der Waals surface area contributed by atoms with Gasteiger partial charge in [-0.25, -0.2) is 9.69 Å². The number of anilines is 2. The molecule has 2 N–H and O–H groups in total. The molecule has 4 amide bonds. The second-order valence-electron chi connectivity index (χ2n) is 10.0. The lowest BCUT2D eigenvalue weighted by Crippen LogP contribution is -2.31. The summed E-state index contributed by atoms with van der Waals surface area (Å²) < 4.78 is 9.98. The van der Waals surface area contributed by atoms with Gasteiger partial charge >= 0.3 is 5.97 Å². The van der Waals surface area contributed by atoms with Crippen LogP contribution in [0.5, 0.6) is 5.75 Å². The minimum Gasteiger partial charge on any atom is -0.497 e. The number of hydrogen-bond donors (Lipinski definition) is 2. The molecular formula is C35H29N3O7S. The average molecular weight is 636 g/mol. The number of amides is 4. The van der Waals surface area contributed by atoms with Crippen molar-refractivity contribution in [2.45, 2.75) is 16.6 Å². The highest BCUT2D eigenvalue weighted by molar-refractivity contribution is 8.00. The van der Waals surface area contributed by atoms with Gasteiger partial charge in [0.15, 0.2) is 0 Å². The van der Waals surface area contributed by atoms with Crippen LogP contribution in [0.1, 0.15) is 32.7 Å². The molecule has 11 heteroatoms. The Kier molecular flexibility index (Phi) is 9.94. The van der Waals surface area contributed by atoms with E-state index in [0.29, 0.717) is 33.8 Å². The van der Waals surface area contributed by atoms with Crippen molar-refractivity contribution >= 4 is 58.8 Å². The van der Waals surface area contributed by atoms with Crippen molar-refractivity contribution < 1.29 is 33.4 Å². The van der Waals surface area contributed by atoms with Gasteiger partial charge in [-0.3, -0.25) is 19.2 Å². The van der Waals surface area contributed by atoms with Crippen molar-refractivity contribution in [1.82, 2.24) is 5.32 Å². The number of carbonyl (C=O) groups excluding carboxylic acids is 5. The van der Waals surface area contributed by atoms with E-state index in [0.717, 1.165) is 9.80 Å². The molecule has 46 heavy (non-hydrogen) atoms. The Bertz CT molecular complexity index is 1810. The van der Waals surface area contributed by atoms with Crippen molar-refractivity contribution in [3.05, 3.63) is 126 Å². The molecule has 10 nitrogen and oxygen atoms in total. The molecule has 0 aromatic heterocycles. The van der Waals surface area contributed by atoms with Crippen molar-refractivity contribution in [1.29, 1.82) is 0 Å². The summed E-state index contributed by atoms with van der Waals surface area (Å²) in [5.41, 5.74) is 2.21. The number of esters is 1. The number of thioether (sulfide) groups is 1. The summed E-state index contributed by atoms with van der Waals surface area (Å²) in [5.74, 6) is -1.61. The standard InChI is InChI=1S/C35H29N3O7S/c1-44-27-10-6-7-22(19-27)20-29(37-32(40)23-8-4-3-5-9-23)33(41)36-25-13-17-28(18-14-25)46-30-21-31(39)38(34(30)42)26-15-11-24(12-16-26)35(43)45-2/h3-20,30H,21H2,1-2H3,(H,36,41)(H,37,40)/b29-20-. The zero-order valence-electron chi connectivity index (χ0n) is 24.9. The quantitative estimate of drug-likeness (QED) is 0.136. The second-order valence-corrected chi connectivity index (χ2v) is 11.3. The number of imide groups is 1. The van der Waals surface area contributed by atoms with Crippen LogP contribution in [0.3, 0.4) is 0 Å². The van der Waals surface area contributed by atoms with Gasteiger partial charge in [0.05, 0.1) is 30.7 Å². The highest BCUT2D eigenvalue weighted by Gasteiger charge is 2.40. The second kappa shape index (κ2) is 14.4. The van der Waals surface area contributed by atoms with E-state index in [2.05, 4.69) is 10.6 Å². The third-order valence-corrected chi connectivity index (χ3v) is 8.17. The lowest BCUT2D eigenvalue weighted by atomic mass is 10.1. The van der Waals surface area contributed by atoms with E-state index in [1.807, 2.05) is 0 Å². The molecule has 1 unspecified atom stereocenters. The maximum absolute atomic E-state index is 13.4.